The molecule has 0 aliphatic carbocycles. The van der Waals surface area contributed by atoms with Crippen LogP contribution in [0.5, 0.6) is 0 Å². The SMILES string of the molecule is CCC(=O)N1CCN(C(=O)c2ccc(CN3C(=O)CCC3=O)cc2)CC1. The molecule has 0 aromatic heterocycles. The molecule has 138 valence electrons. The van der Waals surface area contributed by atoms with Crippen LogP contribution in [0.15, 0.2) is 24.3 Å². The quantitative estimate of drug-likeness (QED) is 0.754. The lowest BCUT2D eigenvalue weighted by molar-refractivity contribution is -0.139. The number of carbonyl (C=O) groups excluding carboxylic acids is 4. The summed E-state index contributed by atoms with van der Waals surface area (Å²) < 4.78 is 0. The maximum atomic E-state index is 12.6. The van der Waals surface area contributed by atoms with E-state index in [9.17, 15) is 19.2 Å². The second-order valence-electron chi connectivity index (χ2n) is 6.60. The fraction of sp³-hybridized carbons (Fsp3) is 0.474. The van der Waals surface area contributed by atoms with E-state index in [1.165, 1.54) is 4.90 Å². The highest BCUT2D eigenvalue weighted by molar-refractivity contribution is 6.01. The molecule has 2 aliphatic rings. The van der Waals surface area contributed by atoms with Crippen LogP contribution in [0.4, 0.5) is 0 Å². The molecule has 1 aromatic carbocycles. The molecule has 0 bridgehead atoms. The van der Waals surface area contributed by atoms with Gasteiger partial charge in [0.05, 0.1) is 6.54 Å². The van der Waals surface area contributed by atoms with Gasteiger partial charge in [0.15, 0.2) is 0 Å². The van der Waals surface area contributed by atoms with E-state index in [4.69, 9.17) is 0 Å². The Morgan fingerprint density at radius 3 is 1.96 bits per heavy atom. The van der Waals surface area contributed by atoms with Crippen LogP contribution in [0, 0.1) is 0 Å². The molecule has 7 heteroatoms. The van der Waals surface area contributed by atoms with Crippen LogP contribution in [0.3, 0.4) is 0 Å². The zero-order chi connectivity index (χ0) is 18.7. The predicted molar refractivity (Wildman–Crippen MR) is 94.0 cm³/mol. The molecule has 0 unspecified atom stereocenters. The molecule has 2 saturated heterocycles. The standard InChI is InChI=1S/C19H23N3O4/c1-2-16(23)20-9-11-21(12-10-20)19(26)15-5-3-14(4-6-15)13-22-17(24)7-8-18(22)25/h3-6H,2,7-13H2,1H3. The lowest BCUT2D eigenvalue weighted by Crippen LogP contribution is -2.50. The summed E-state index contributed by atoms with van der Waals surface area (Å²) in [5, 5.41) is 0. The smallest absolute Gasteiger partial charge is 0.253 e. The zero-order valence-electron chi connectivity index (χ0n) is 14.9. The van der Waals surface area contributed by atoms with Crippen molar-refractivity contribution in [2.75, 3.05) is 26.2 Å². The second-order valence-corrected chi connectivity index (χ2v) is 6.60. The lowest BCUT2D eigenvalue weighted by atomic mass is 10.1. The van der Waals surface area contributed by atoms with Crippen molar-refractivity contribution >= 4 is 23.6 Å². The Kier molecular flexibility index (Phi) is 5.35. The van der Waals surface area contributed by atoms with Crippen LogP contribution in [-0.2, 0) is 20.9 Å². The molecule has 0 saturated carbocycles. The number of rotatable bonds is 4. The van der Waals surface area contributed by atoms with Gasteiger partial charge >= 0.3 is 0 Å². The summed E-state index contributed by atoms with van der Waals surface area (Å²) in [6.07, 6.45) is 1.04. The molecule has 26 heavy (non-hydrogen) atoms. The monoisotopic (exact) mass is 357 g/mol. The Hall–Kier alpha value is -2.70. The topological polar surface area (TPSA) is 78.0 Å². The number of benzene rings is 1. The van der Waals surface area contributed by atoms with E-state index in [1.54, 1.807) is 34.1 Å². The third-order valence-electron chi connectivity index (χ3n) is 4.92. The van der Waals surface area contributed by atoms with Gasteiger partial charge in [-0.15, -0.1) is 0 Å². The van der Waals surface area contributed by atoms with Crippen molar-refractivity contribution in [3.63, 3.8) is 0 Å². The number of hydrogen-bond acceptors (Lipinski definition) is 4. The van der Waals surface area contributed by atoms with Crippen LogP contribution in [0.2, 0.25) is 0 Å². The minimum Gasteiger partial charge on any atom is -0.339 e. The summed E-state index contributed by atoms with van der Waals surface area (Å²) in [4.78, 5) is 52.5. The van der Waals surface area contributed by atoms with E-state index in [0.29, 0.717) is 38.2 Å². The number of piperazine rings is 1. The fourth-order valence-electron chi connectivity index (χ4n) is 3.30. The largest absolute Gasteiger partial charge is 0.339 e. The Morgan fingerprint density at radius 2 is 1.42 bits per heavy atom. The molecule has 2 aliphatic heterocycles. The number of nitrogens with zero attached hydrogens (tertiary/aromatic N) is 3. The minimum atomic E-state index is -0.144. The average molecular weight is 357 g/mol. The van der Waals surface area contributed by atoms with Gasteiger partial charge in [-0.3, -0.25) is 24.1 Å². The molecule has 0 N–H and O–H groups in total. The molecule has 1 aromatic rings. The van der Waals surface area contributed by atoms with Crippen LogP contribution in [-0.4, -0.2) is 64.5 Å². The highest BCUT2D eigenvalue weighted by atomic mass is 16.2. The maximum absolute atomic E-state index is 12.6. The second kappa shape index (κ2) is 7.68. The Bertz CT molecular complexity index is 705. The van der Waals surface area contributed by atoms with Crippen molar-refractivity contribution in [1.82, 2.24) is 14.7 Å². The van der Waals surface area contributed by atoms with E-state index < -0.39 is 0 Å². The van der Waals surface area contributed by atoms with Crippen LogP contribution < -0.4 is 0 Å². The normalized spacial score (nSPS) is 17.8. The van der Waals surface area contributed by atoms with Gasteiger partial charge in [0, 0.05) is 51.0 Å². The van der Waals surface area contributed by atoms with E-state index in [-0.39, 0.29) is 43.0 Å². The molecule has 7 nitrogen and oxygen atoms in total. The predicted octanol–water partition coefficient (Wildman–Crippen LogP) is 1.03. The molecular weight excluding hydrogens is 334 g/mol. The molecule has 0 atom stereocenters. The summed E-state index contributed by atoms with van der Waals surface area (Å²) in [7, 11) is 0. The van der Waals surface area contributed by atoms with Gasteiger partial charge in [0.2, 0.25) is 17.7 Å². The van der Waals surface area contributed by atoms with E-state index in [2.05, 4.69) is 0 Å². The summed E-state index contributed by atoms with van der Waals surface area (Å²) in [6, 6.07) is 7.02. The van der Waals surface area contributed by atoms with Crippen molar-refractivity contribution in [1.29, 1.82) is 0 Å². The first-order chi connectivity index (χ1) is 12.5. The van der Waals surface area contributed by atoms with E-state index in [1.807, 2.05) is 6.92 Å². The lowest BCUT2D eigenvalue weighted by Gasteiger charge is -2.34. The number of hydrogen-bond donors (Lipinski definition) is 0. The van der Waals surface area contributed by atoms with Gasteiger partial charge in [-0.05, 0) is 17.7 Å². The molecule has 0 radical (unpaired) electrons. The van der Waals surface area contributed by atoms with Crippen molar-refractivity contribution in [3.05, 3.63) is 35.4 Å². The molecular formula is C19H23N3O4. The van der Waals surface area contributed by atoms with Crippen molar-refractivity contribution in [2.45, 2.75) is 32.7 Å². The summed E-state index contributed by atoms with van der Waals surface area (Å²) in [5.41, 5.74) is 1.40. The van der Waals surface area contributed by atoms with Gasteiger partial charge in [-0.25, -0.2) is 0 Å². The number of likely N-dealkylation sites (tertiary alicyclic amines) is 1. The molecule has 4 amide bonds. The Morgan fingerprint density at radius 1 is 0.885 bits per heavy atom. The molecule has 2 fully saturated rings. The van der Waals surface area contributed by atoms with Gasteiger partial charge < -0.3 is 9.80 Å². The van der Waals surface area contributed by atoms with Gasteiger partial charge in [0.1, 0.15) is 0 Å². The van der Waals surface area contributed by atoms with Gasteiger partial charge in [-0.2, -0.15) is 0 Å². The highest BCUT2D eigenvalue weighted by Crippen LogP contribution is 2.17. The van der Waals surface area contributed by atoms with Crippen LogP contribution in [0.25, 0.3) is 0 Å². The summed E-state index contributed by atoms with van der Waals surface area (Å²) in [6.45, 7) is 4.28. The Labute approximate surface area is 152 Å². The van der Waals surface area contributed by atoms with Crippen LogP contribution >= 0.6 is 0 Å². The van der Waals surface area contributed by atoms with Crippen molar-refractivity contribution in [3.8, 4) is 0 Å². The van der Waals surface area contributed by atoms with E-state index >= 15 is 0 Å². The van der Waals surface area contributed by atoms with E-state index in [0.717, 1.165) is 5.56 Å². The number of carbonyl (C=O) groups is 4. The summed E-state index contributed by atoms with van der Waals surface area (Å²) >= 11 is 0. The van der Waals surface area contributed by atoms with Crippen molar-refractivity contribution in [2.24, 2.45) is 0 Å². The number of imide groups is 1. The third kappa shape index (κ3) is 3.76. The first-order valence-corrected chi connectivity index (χ1v) is 8.98. The van der Waals surface area contributed by atoms with Crippen molar-refractivity contribution < 1.29 is 19.2 Å². The summed E-state index contributed by atoms with van der Waals surface area (Å²) in [5.74, 6) is -0.231. The minimum absolute atomic E-state index is 0.0616. The Balaban J connectivity index is 1.58. The number of amides is 4. The molecule has 0 spiro atoms. The highest BCUT2D eigenvalue weighted by Gasteiger charge is 2.29. The maximum Gasteiger partial charge on any atom is 0.253 e. The third-order valence-corrected chi connectivity index (χ3v) is 4.92. The van der Waals surface area contributed by atoms with Gasteiger partial charge in [-0.1, -0.05) is 19.1 Å². The molecule has 3 rings (SSSR count). The average Bonchev–Trinajstić information content (AvgIpc) is 2.99. The first-order valence-electron chi connectivity index (χ1n) is 8.98. The van der Waals surface area contributed by atoms with Crippen LogP contribution in [0.1, 0.15) is 42.1 Å². The fourth-order valence-corrected chi connectivity index (χ4v) is 3.30. The van der Waals surface area contributed by atoms with Gasteiger partial charge in [0.25, 0.3) is 5.91 Å². The molecule has 2 heterocycles. The first kappa shape index (κ1) is 18.1. The zero-order valence-corrected chi connectivity index (χ0v) is 14.9.